The smallest absolute Gasteiger partial charge is 0.253 e. The highest BCUT2D eigenvalue weighted by Gasteiger charge is 2.15. The van der Waals surface area contributed by atoms with Crippen molar-refractivity contribution in [2.24, 2.45) is 0 Å². The Hall–Kier alpha value is -3.53. The number of benzene rings is 3. The molecule has 1 amide bonds. The third kappa shape index (κ3) is 3.59. The Morgan fingerprint density at radius 3 is 2.35 bits per heavy atom. The van der Waals surface area contributed by atoms with Gasteiger partial charge in [-0.15, -0.1) is 0 Å². The Bertz CT molecular complexity index is 947. The van der Waals surface area contributed by atoms with E-state index in [1.54, 1.807) is 0 Å². The van der Waals surface area contributed by atoms with Crippen LogP contribution >= 0.6 is 0 Å². The van der Waals surface area contributed by atoms with Crippen molar-refractivity contribution < 1.29 is 9.53 Å². The number of rotatable bonds is 4. The number of fused-ring (bicyclic) bond motifs is 1. The van der Waals surface area contributed by atoms with E-state index in [1.807, 2.05) is 84.9 Å². The topological polar surface area (TPSA) is 50.4 Å². The van der Waals surface area contributed by atoms with E-state index in [1.165, 1.54) is 0 Å². The number of para-hydroxylation sites is 2. The van der Waals surface area contributed by atoms with Crippen LogP contribution in [0.5, 0.6) is 11.5 Å². The van der Waals surface area contributed by atoms with Gasteiger partial charge in [0.05, 0.1) is 0 Å². The summed E-state index contributed by atoms with van der Waals surface area (Å²) in [6.45, 7) is 0.512. The van der Waals surface area contributed by atoms with Crippen LogP contribution in [0.15, 0.2) is 84.4 Å². The normalized spacial score (nSPS) is 12.4. The first kappa shape index (κ1) is 16.0. The van der Waals surface area contributed by atoms with Gasteiger partial charge in [0.25, 0.3) is 5.91 Å². The van der Waals surface area contributed by atoms with Crippen molar-refractivity contribution in [3.05, 3.63) is 90.0 Å². The van der Waals surface area contributed by atoms with Crippen molar-refractivity contribution in [2.75, 3.05) is 17.2 Å². The second-order valence-electron chi connectivity index (χ2n) is 6.00. The molecule has 0 saturated carbocycles. The predicted octanol–water partition coefficient (Wildman–Crippen LogP) is 4.93. The van der Waals surface area contributed by atoms with E-state index in [0.29, 0.717) is 12.1 Å². The van der Waals surface area contributed by atoms with Crippen LogP contribution in [0.1, 0.15) is 5.56 Å². The maximum absolute atomic E-state index is 12.5. The molecule has 2 N–H and O–H groups in total. The number of carbonyl (C=O) groups is 1. The van der Waals surface area contributed by atoms with Crippen molar-refractivity contribution in [3.8, 4) is 11.5 Å². The lowest BCUT2D eigenvalue weighted by molar-refractivity contribution is -0.112. The van der Waals surface area contributed by atoms with Crippen LogP contribution < -0.4 is 15.4 Å². The molecule has 3 aromatic rings. The van der Waals surface area contributed by atoms with E-state index in [2.05, 4.69) is 10.6 Å². The monoisotopic (exact) mass is 342 g/mol. The molecule has 1 aliphatic rings. The summed E-state index contributed by atoms with van der Waals surface area (Å²) in [7, 11) is 0. The van der Waals surface area contributed by atoms with Gasteiger partial charge in [0.15, 0.2) is 0 Å². The molecular weight excluding hydrogens is 324 g/mol. The van der Waals surface area contributed by atoms with Crippen LogP contribution in [-0.4, -0.2) is 12.5 Å². The lowest BCUT2D eigenvalue weighted by Crippen LogP contribution is -2.22. The van der Waals surface area contributed by atoms with Gasteiger partial charge >= 0.3 is 0 Å². The van der Waals surface area contributed by atoms with Crippen LogP contribution in [0.3, 0.4) is 0 Å². The molecule has 4 rings (SSSR count). The first-order chi connectivity index (χ1) is 12.8. The molecule has 0 aliphatic carbocycles. The summed E-state index contributed by atoms with van der Waals surface area (Å²) in [5, 5.41) is 6.20. The highest BCUT2D eigenvalue weighted by molar-refractivity contribution is 6.08. The number of nitrogens with one attached hydrogen (secondary N) is 2. The van der Waals surface area contributed by atoms with Gasteiger partial charge in [-0.05, 0) is 54.1 Å². The first-order valence-corrected chi connectivity index (χ1v) is 8.46. The Morgan fingerprint density at radius 1 is 0.846 bits per heavy atom. The average Bonchev–Trinajstić information content (AvgIpc) is 2.70. The van der Waals surface area contributed by atoms with Gasteiger partial charge in [-0.25, -0.2) is 0 Å². The van der Waals surface area contributed by atoms with E-state index in [9.17, 15) is 4.79 Å². The molecule has 0 saturated heterocycles. The van der Waals surface area contributed by atoms with Crippen molar-refractivity contribution in [1.82, 2.24) is 0 Å². The summed E-state index contributed by atoms with van der Waals surface area (Å²) < 4.78 is 5.76. The average molecular weight is 342 g/mol. The molecular formula is C22H18N2O2. The van der Waals surface area contributed by atoms with Crippen LogP contribution in [-0.2, 0) is 4.79 Å². The minimum absolute atomic E-state index is 0.108. The summed E-state index contributed by atoms with van der Waals surface area (Å²) in [5.41, 5.74) is 3.51. The van der Waals surface area contributed by atoms with E-state index in [-0.39, 0.29) is 5.91 Å². The fourth-order valence-electron chi connectivity index (χ4n) is 2.80. The van der Waals surface area contributed by atoms with Gasteiger partial charge < -0.3 is 15.4 Å². The maximum Gasteiger partial charge on any atom is 0.253 e. The SMILES string of the molecule is O=C(Nc1ccc(Oc2ccccc2)cc1)C1=Cc2ccccc2NC1. The molecule has 0 bridgehead atoms. The molecule has 128 valence electrons. The predicted molar refractivity (Wildman–Crippen MR) is 104 cm³/mol. The minimum Gasteiger partial charge on any atom is -0.457 e. The maximum atomic E-state index is 12.5. The van der Waals surface area contributed by atoms with Gasteiger partial charge in [-0.3, -0.25) is 4.79 Å². The Balaban J connectivity index is 1.43. The Labute approximate surface area is 152 Å². The van der Waals surface area contributed by atoms with Gasteiger partial charge in [-0.1, -0.05) is 36.4 Å². The fourth-order valence-corrected chi connectivity index (χ4v) is 2.80. The highest BCUT2D eigenvalue weighted by Crippen LogP contribution is 2.25. The van der Waals surface area contributed by atoms with Crippen molar-refractivity contribution in [3.63, 3.8) is 0 Å². The van der Waals surface area contributed by atoms with E-state index in [4.69, 9.17) is 4.74 Å². The molecule has 1 aliphatic heterocycles. The van der Waals surface area contributed by atoms with E-state index < -0.39 is 0 Å². The molecule has 1 heterocycles. The van der Waals surface area contributed by atoms with Gasteiger partial charge in [-0.2, -0.15) is 0 Å². The van der Waals surface area contributed by atoms with E-state index in [0.717, 1.165) is 28.4 Å². The van der Waals surface area contributed by atoms with Crippen molar-refractivity contribution >= 4 is 23.4 Å². The summed E-state index contributed by atoms with van der Waals surface area (Å²) in [6, 6.07) is 24.9. The lowest BCUT2D eigenvalue weighted by Gasteiger charge is -2.18. The van der Waals surface area contributed by atoms with E-state index >= 15 is 0 Å². The summed E-state index contributed by atoms with van der Waals surface area (Å²) in [6.07, 6.45) is 1.92. The summed E-state index contributed by atoms with van der Waals surface area (Å²) in [5.74, 6) is 1.40. The van der Waals surface area contributed by atoms with Crippen molar-refractivity contribution in [2.45, 2.75) is 0 Å². The third-order valence-corrected chi connectivity index (χ3v) is 4.14. The molecule has 26 heavy (non-hydrogen) atoms. The summed E-state index contributed by atoms with van der Waals surface area (Å²) >= 11 is 0. The molecule has 0 fully saturated rings. The molecule has 0 atom stereocenters. The zero-order valence-electron chi connectivity index (χ0n) is 14.1. The Kier molecular flexibility index (Phi) is 4.39. The highest BCUT2D eigenvalue weighted by atomic mass is 16.5. The number of hydrogen-bond acceptors (Lipinski definition) is 3. The lowest BCUT2D eigenvalue weighted by atomic mass is 10.0. The Morgan fingerprint density at radius 2 is 1.54 bits per heavy atom. The second-order valence-corrected chi connectivity index (χ2v) is 6.00. The zero-order chi connectivity index (χ0) is 17.8. The molecule has 3 aromatic carbocycles. The van der Waals surface area contributed by atoms with Gasteiger partial charge in [0.1, 0.15) is 11.5 Å². The molecule has 0 unspecified atom stereocenters. The van der Waals surface area contributed by atoms with Gasteiger partial charge in [0, 0.05) is 23.5 Å². The largest absolute Gasteiger partial charge is 0.457 e. The van der Waals surface area contributed by atoms with Gasteiger partial charge in [0.2, 0.25) is 0 Å². The zero-order valence-corrected chi connectivity index (χ0v) is 14.1. The fraction of sp³-hybridized carbons (Fsp3) is 0.0455. The number of amides is 1. The van der Waals surface area contributed by atoms with Crippen LogP contribution in [0.2, 0.25) is 0 Å². The molecule has 4 heteroatoms. The molecule has 0 aromatic heterocycles. The molecule has 4 nitrogen and oxygen atoms in total. The quantitative estimate of drug-likeness (QED) is 0.707. The molecule has 0 radical (unpaired) electrons. The standard InChI is InChI=1S/C22H18N2O2/c25-22(17-14-16-6-4-5-9-21(16)23-15-17)24-18-10-12-20(13-11-18)26-19-7-2-1-3-8-19/h1-14,23H,15H2,(H,24,25). The molecule has 0 spiro atoms. The number of ether oxygens (including phenoxy) is 1. The number of anilines is 2. The second kappa shape index (κ2) is 7.15. The minimum atomic E-state index is -0.108. The number of hydrogen-bond donors (Lipinski definition) is 2. The number of carbonyl (C=O) groups excluding carboxylic acids is 1. The van der Waals surface area contributed by atoms with Crippen molar-refractivity contribution in [1.29, 1.82) is 0 Å². The first-order valence-electron chi connectivity index (χ1n) is 8.46. The van der Waals surface area contributed by atoms with Crippen LogP contribution in [0.4, 0.5) is 11.4 Å². The summed E-state index contributed by atoms with van der Waals surface area (Å²) in [4.78, 5) is 12.5. The van der Waals surface area contributed by atoms with Crippen LogP contribution in [0.25, 0.3) is 6.08 Å². The third-order valence-electron chi connectivity index (χ3n) is 4.14. The van der Waals surface area contributed by atoms with Crippen LogP contribution in [0, 0.1) is 0 Å².